The second kappa shape index (κ2) is 4.42. The van der Waals surface area contributed by atoms with E-state index in [0.717, 1.165) is 17.9 Å². The average molecular weight is 318 g/mol. The molecule has 3 aliphatic heterocycles. The van der Waals surface area contributed by atoms with Gasteiger partial charge in [0.15, 0.2) is 12.1 Å². The molecule has 0 radical (unpaired) electrons. The zero-order valence-corrected chi connectivity index (χ0v) is 13.4. The molecule has 2 saturated heterocycles. The Kier molecular flexibility index (Phi) is 2.71. The van der Waals surface area contributed by atoms with E-state index in [1.54, 1.807) is 7.11 Å². The van der Waals surface area contributed by atoms with Crippen LogP contribution in [0.25, 0.3) is 0 Å². The van der Waals surface area contributed by atoms with Crippen molar-refractivity contribution < 1.29 is 28.3 Å². The molecule has 2 unspecified atom stereocenters. The molecular formula is C16H19BO6. The molecule has 0 amide bonds. The minimum atomic E-state index is -0.629. The standard InChI is InChI=1S/C16H19BO6/c1-15(2)19-12-13(20-15)16(21-14(12)18-3)8-11(16)17-22-9-6-4-5-7-10(9)23-17/h4-7,11-14H,8H2,1-3H3/t11-,12+,13?,14?,16-/m1/s1. The van der Waals surface area contributed by atoms with Crippen molar-refractivity contribution >= 4 is 7.12 Å². The van der Waals surface area contributed by atoms with Crippen molar-refractivity contribution in [2.75, 3.05) is 7.11 Å². The van der Waals surface area contributed by atoms with E-state index in [2.05, 4.69) is 0 Å². The molecule has 122 valence electrons. The van der Waals surface area contributed by atoms with Crippen molar-refractivity contribution in [2.45, 2.75) is 56.0 Å². The molecule has 0 N–H and O–H groups in total. The third-order valence-corrected chi connectivity index (χ3v) is 5.12. The average Bonchev–Trinajstić information content (AvgIpc) is 2.80. The van der Waals surface area contributed by atoms with Gasteiger partial charge >= 0.3 is 7.12 Å². The van der Waals surface area contributed by atoms with Crippen LogP contribution >= 0.6 is 0 Å². The third-order valence-electron chi connectivity index (χ3n) is 5.12. The summed E-state index contributed by atoms with van der Waals surface area (Å²) < 4.78 is 35.6. The van der Waals surface area contributed by atoms with Gasteiger partial charge in [0.1, 0.15) is 29.3 Å². The summed E-state index contributed by atoms with van der Waals surface area (Å²) in [6.07, 6.45) is 0.00857. The number of hydrogen-bond donors (Lipinski definition) is 0. The van der Waals surface area contributed by atoms with E-state index in [4.69, 9.17) is 28.3 Å². The minimum absolute atomic E-state index is 0.0973. The molecule has 1 saturated carbocycles. The zero-order valence-electron chi connectivity index (χ0n) is 13.4. The van der Waals surface area contributed by atoms with Crippen LogP contribution in [0.2, 0.25) is 5.82 Å². The van der Waals surface area contributed by atoms with Crippen LogP contribution < -0.4 is 9.31 Å². The highest BCUT2D eigenvalue weighted by molar-refractivity contribution is 6.51. The molecule has 1 aromatic carbocycles. The van der Waals surface area contributed by atoms with Crippen LogP contribution in [-0.4, -0.2) is 44.1 Å². The Balaban J connectivity index is 1.39. The SMILES string of the molecule is COC1O[C@@]2(C[C@H]2B2Oc3ccccc3O2)C2OC(C)(C)O[C@H]12. The largest absolute Gasteiger partial charge is 0.601 e. The Morgan fingerprint density at radius 2 is 1.78 bits per heavy atom. The number of ether oxygens (including phenoxy) is 4. The van der Waals surface area contributed by atoms with Crippen molar-refractivity contribution in [1.29, 1.82) is 0 Å². The molecule has 5 rings (SSSR count). The van der Waals surface area contributed by atoms with Crippen LogP contribution in [0.5, 0.6) is 11.5 Å². The van der Waals surface area contributed by atoms with Crippen molar-refractivity contribution in [1.82, 2.24) is 0 Å². The number of methoxy groups -OCH3 is 1. The minimum Gasteiger partial charge on any atom is -0.523 e. The fourth-order valence-electron chi connectivity index (χ4n) is 4.06. The first-order valence-corrected chi connectivity index (χ1v) is 8.01. The third kappa shape index (κ3) is 1.91. The predicted molar refractivity (Wildman–Crippen MR) is 80.3 cm³/mol. The Labute approximate surface area is 135 Å². The number of benzene rings is 1. The molecule has 23 heavy (non-hydrogen) atoms. The fraction of sp³-hybridized carbons (Fsp3) is 0.625. The predicted octanol–water partition coefficient (Wildman–Crippen LogP) is 1.98. The summed E-state index contributed by atoms with van der Waals surface area (Å²) in [6, 6.07) is 7.71. The molecular weight excluding hydrogens is 299 g/mol. The second-order valence-corrected chi connectivity index (χ2v) is 7.06. The molecule has 5 atom stereocenters. The molecule has 6 nitrogen and oxygen atoms in total. The van der Waals surface area contributed by atoms with Crippen molar-refractivity contribution in [3.8, 4) is 11.5 Å². The van der Waals surface area contributed by atoms with Crippen LogP contribution in [0.1, 0.15) is 20.3 Å². The highest BCUT2D eigenvalue weighted by Crippen LogP contribution is 2.65. The highest BCUT2D eigenvalue weighted by Gasteiger charge is 2.78. The topological polar surface area (TPSA) is 55.4 Å². The van der Waals surface area contributed by atoms with Crippen LogP contribution in [0.4, 0.5) is 0 Å². The Bertz CT molecular complexity index is 626. The Morgan fingerprint density at radius 1 is 1.09 bits per heavy atom. The number of rotatable bonds is 2. The highest BCUT2D eigenvalue weighted by atomic mass is 16.8. The Morgan fingerprint density at radius 3 is 2.43 bits per heavy atom. The van der Waals surface area contributed by atoms with Gasteiger partial charge in [-0.15, -0.1) is 0 Å². The first kappa shape index (κ1) is 14.1. The lowest BCUT2D eigenvalue weighted by Crippen LogP contribution is -2.37. The van der Waals surface area contributed by atoms with Crippen molar-refractivity contribution in [3.63, 3.8) is 0 Å². The van der Waals surface area contributed by atoms with Gasteiger partial charge in [0, 0.05) is 7.11 Å². The van der Waals surface area contributed by atoms with Crippen molar-refractivity contribution in [2.24, 2.45) is 0 Å². The summed E-state index contributed by atoms with van der Waals surface area (Å²) in [7, 11) is 1.28. The van der Waals surface area contributed by atoms with E-state index in [0.29, 0.717) is 0 Å². The monoisotopic (exact) mass is 318 g/mol. The van der Waals surface area contributed by atoms with E-state index in [1.165, 1.54) is 0 Å². The summed E-state index contributed by atoms with van der Waals surface area (Å²) >= 11 is 0. The number of fused-ring (bicyclic) bond motifs is 3. The summed E-state index contributed by atoms with van der Waals surface area (Å²) in [5, 5.41) is 0. The van der Waals surface area contributed by atoms with Gasteiger partial charge in [-0.05, 0) is 32.4 Å². The summed E-state index contributed by atoms with van der Waals surface area (Å²) in [5.41, 5.74) is -0.453. The van der Waals surface area contributed by atoms with Crippen LogP contribution in [0.3, 0.4) is 0 Å². The van der Waals surface area contributed by atoms with Crippen LogP contribution in [-0.2, 0) is 18.9 Å². The molecule has 7 heteroatoms. The van der Waals surface area contributed by atoms with Crippen LogP contribution in [0, 0.1) is 0 Å². The molecule has 3 fully saturated rings. The molecule has 1 aliphatic carbocycles. The van der Waals surface area contributed by atoms with E-state index in [-0.39, 0.29) is 25.1 Å². The fourth-order valence-corrected chi connectivity index (χ4v) is 4.06. The molecule has 0 aromatic heterocycles. The maximum atomic E-state index is 6.16. The smallest absolute Gasteiger partial charge is 0.523 e. The van der Waals surface area contributed by atoms with Gasteiger partial charge in [0.2, 0.25) is 0 Å². The summed E-state index contributed by atoms with van der Waals surface area (Å²) in [6.45, 7) is 3.84. The van der Waals surface area contributed by atoms with Gasteiger partial charge in [-0.3, -0.25) is 0 Å². The van der Waals surface area contributed by atoms with Gasteiger partial charge < -0.3 is 28.3 Å². The first-order chi connectivity index (χ1) is 11.0. The molecule has 1 spiro atoms. The normalized spacial score (nSPS) is 42.3. The first-order valence-electron chi connectivity index (χ1n) is 8.01. The van der Waals surface area contributed by atoms with E-state index >= 15 is 0 Å². The number of hydrogen-bond acceptors (Lipinski definition) is 6. The van der Waals surface area contributed by atoms with E-state index < -0.39 is 17.7 Å². The van der Waals surface area contributed by atoms with Gasteiger partial charge in [0.25, 0.3) is 0 Å². The van der Waals surface area contributed by atoms with Crippen LogP contribution in [0.15, 0.2) is 24.3 Å². The van der Waals surface area contributed by atoms with Gasteiger partial charge in [0.05, 0.1) is 5.82 Å². The van der Waals surface area contributed by atoms with Gasteiger partial charge in [-0.1, -0.05) is 12.1 Å². The molecule has 4 aliphatic rings. The molecule has 3 heterocycles. The Hall–Kier alpha value is -1.28. The molecule has 0 bridgehead atoms. The summed E-state index contributed by atoms with van der Waals surface area (Å²) in [4.78, 5) is 0. The van der Waals surface area contributed by atoms with E-state index in [9.17, 15) is 0 Å². The van der Waals surface area contributed by atoms with Gasteiger partial charge in [-0.25, -0.2) is 0 Å². The second-order valence-electron chi connectivity index (χ2n) is 7.06. The maximum absolute atomic E-state index is 6.16. The quantitative estimate of drug-likeness (QED) is 0.777. The summed E-state index contributed by atoms with van der Waals surface area (Å²) in [5.74, 6) is 1.03. The van der Waals surface area contributed by atoms with Gasteiger partial charge in [-0.2, -0.15) is 0 Å². The lowest BCUT2D eigenvalue weighted by molar-refractivity contribution is -0.232. The lowest BCUT2D eigenvalue weighted by Gasteiger charge is -2.24. The maximum Gasteiger partial charge on any atom is 0.601 e. The molecule has 1 aromatic rings. The number of para-hydroxylation sites is 2. The zero-order chi connectivity index (χ0) is 15.8. The lowest BCUT2D eigenvalue weighted by atomic mass is 9.79. The van der Waals surface area contributed by atoms with Crippen molar-refractivity contribution in [3.05, 3.63) is 24.3 Å². The van der Waals surface area contributed by atoms with E-state index in [1.807, 2.05) is 38.1 Å².